The molecule has 0 fully saturated rings. The van der Waals surface area contributed by atoms with Crippen molar-refractivity contribution in [1.29, 1.82) is 0 Å². The minimum absolute atomic E-state index is 0.0132. The summed E-state index contributed by atoms with van der Waals surface area (Å²) in [5, 5.41) is 0.128. The Morgan fingerprint density at radius 2 is 1.33 bits per heavy atom. The molecule has 0 aliphatic heterocycles. The second-order valence-electron chi connectivity index (χ2n) is 8.96. The van der Waals surface area contributed by atoms with Gasteiger partial charge in [0.15, 0.2) is 0 Å². The van der Waals surface area contributed by atoms with Crippen LogP contribution in [-0.4, -0.2) is 21.4 Å². The number of esters is 1. The molecule has 0 spiro atoms. The molecule has 0 heterocycles. The van der Waals surface area contributed by atoms with Gasteiger partial charge in [-0.25, -0.2) is 4.79 Å². The second-order valence-corrected chi connectivity index (χ2v) is 13.7. The van der Waals surface area contributed by atoms with E-state index in [9.17, 15) is 4.79 Å². The maximum atomic E-state index is 11.8. The molecule has 0 aromatic heterocycles. The Balaban J connectivity index is 2.45. The van der Waals surface area contributed by atoms with Crippen LogP contribution < -0.4 is 0 Å². The van der Waals surface area contributed by atoms with E-state index < -0.39 is 8.32 Å². The van der Waals surface area contributed by atoms with Crippen LogP contribution in [0.3, 0.4) is 0 Å². The van der Waals surface area contributed by atoms with Crippen LogP contribution in [-0.2, 0) is 14.0 Å². The number of hydrogen-bond donors (Lipinski definition) is 0. The van der Waals surface area contributed by atoms with Gasteiger partial charge in [-0.15, -0.1) is 0 Å². The highest BCUT2D eigenvalue weighted by atomic mass is 28.4. The van der Waals surface area contributed by atoms with Crippen LogP contribution in [0.2, 0.25) is 18.1 Å². The molecule has 2 aromatic rings. The number of allylic oxidation sites excluding steroid dienone is 2. The Morgan fingerprint density at radius 1 is 0.867 bits per heavy atom. The first kappa shape index (κ1) is 23.7. The summed E-state index contributed by atoms with van der Waals surface area (Å²) in [6, 6.07) is 20.5. The lowest BCUT2D eigenvalue weighted by Gasteiger charge is -2.35. The van der Waals surface area contributed by atoms with Gasteiger partial charge in [0.25, 0.3) is 0 Å². The average molecular weight is 423 g/mol. The standard InChI is InChI=1S/C26H34O3Si/c1-26(2,3)30(5,6)29-20-19-24(22-15-11-8-12-16-22)23(17-18-25(27)28-4)21-13-9-7-10-14-21/h7-20,23-24H,1-6H3/b18-17+,20-19-/t23-,24-/m0/s1. The number of carbonyl (C=O) groups is 1. The van der Waals surface area contributed by atoms with E-state index >= 15 is 0 Å². The van der Waals surface area contributed by atoms with E-state index in [1.54, 1.807) is 0 Å². The lowest BCUT2D eigenvalue weighted by molar-refractivity contribution is -0.134. The first-order valence-corrected chi connectivity index (χ1v) is 13.3. The number of carbonyl (C=O) groups excluding carboxylic acids is 1. The van der Waals surface area contributed by atoms with Gasteiger partial charge in [-0.2, -0.15) is 0 Å². The third-order valence-electron chi connectivity index (χ3n) is 5.85. The summed E-state index contributed by atoms with van der Waals surface area (Å²) < 4.78 is 11.1. The van der Waals surface area contributed by atoms with Crippen molar-refractivity contribution in [3.05, 3.63) is 96.3 Å². The number of methoxy groups -OCH3 is 1. The van der Waals surface area contributed by atoms with Crippen molar-refractivity contribution in [2.45, 2.75) is 50.7 Å². The fraction of sp³-hybridized carbons (Fsp3) is 0.346. The Kier molecular flexibility index (Phi) is 8.24. The van der Waals surface area contributed by atoms with Crippen molar-refractivity contribution in [2.75, 3.05) is 7.11 Å². The van der Waals surface area contributed by atoms with Crippen molar-refractivity contribution < 1.29 is 14.0 Å². The van der Waals surface area contributed by atoms with E-state index in [1.807, 2.05) is 48.7 Å². The molecule has 0 amide bonds. The van der Waals surface area contributed by atoms with E-state index in [-0.39, 0.29) is 22.8 Å². The van der Waals surface area contributed by atoms with Gasteiger partial charge in [0.2, 0.25) is 8.32 Å². The number of benzene rings is 2. The lowest BCUT2D eigenvalue weighted by Crippen LogP contribution is -2.39. The van der Waals surface area contributed by atoms with Crippen LogP contribution in [0.4, 0.5) is 0 Å². The Hall–Kier alpha value is -2.59. The third-order valence-corrected chi connectivity index (χ3v) is 10.2. The van der Waals surface area contributed by atoms with Gasteiger partial charge in [-0.05, 0) is 35.3 Å². The molecule has 2 atom stereocenters. The molecule has 0 unspecified atom stereocenters. The first-order chi connectivity index (χ1) is 14.2. The molecule has 0 saturated carbocycles. The molecule has 0 bridgehead atoms. The maximum absolute atomic E-state index is 11.8. The van der Waals surface area contributed by atoms with Crippen LogP contribution >= 0.6 is 0 Å². The molecule has 2 aromatic carbocycles. The van der Waals surface area contributed by atoms with Crippen LogP contribution in [0.15, 0.2) is 85.2 Å². The van der Waals surface area contributed by atoms with E-state index in [0.717, 1.165) is 11.1 Å². The molecule has 4 heteroatoms. The molecule has 0 N–H and O–H groups in total. The molecule has 0 aliphatic rings. The highest BCUT2D eigenvalue weighted by Crippen LogP contribution is 2.38. The van der Waals surface area contributed by atoms with Crippen LogP contribution in [0.25, 0.3) is 0 Å². The summed E-state index contributed by atoms with van der Waals surface area (Å²) >= 11 is 0. The Morgan fingerprint density at radius 3 is 1.77 bits per heavy atom. The minimum atomic E-state index is -1.91. The molecular weight excluding hydrogens is 388 g/mol. The molecule has 0 saturated heterocycles. The zero-order chi connectivity index (χ0) is 22.2. The molecule has 0 aliphatic carbocycles. The maximum Gasteiger partial charge on any atom is 0.330 e. The largest absolute Gasteiger partial charge is 0.549 e. The summed E-state index contributed by atoms with van der Waals surface area (Å²) in [6.45, 7) is 11.2. The topological polar surface area (TPSA) is 35.5 Å². The van der Waals surface area contributed by atoms with Crippen molar-refractivity contribution >= 4 is 14.3 Å². The van der Waals surface area contributed by atoms with Gasteiger partial charge >= 0.3 is 5.97 Å². The van der Waals surface area contributed by atoms with Crippen molar-refractivity contribution in [2.24, 2.45) is 0 Å². The molecule has 2 rings (SSSR count). The fourth-order valence-corrected chi connectivity index (χ4v) is 3.72. The molecule has 3 nitrogen and oxygen atoms in total. The Labute approximate surface area is 182 Å². The third kappa shape index (κ3) is 6.46. The summed E-state index contributed by atoms with van der Waals surface area (Å²) in [4.78, 5) is 11.8. The van der Waals surface area contributed by atoms with Gasteiger partial charge in [-0.3, -0.25) is 0 Å². The van der Waals surface area contributed by atoms with Gasteiger partial charge in [0.1, 0.15) is 0 Å². The minimum Gasteiger partial charge on any atom is -0.549 e. The highest BCUT2D eigenvalue weighted by Gasteiger charge is 2.38. The molecule has 30 heavy (non-hydrogen) atoms. The summed E-state index contributed by atoms with van der Waals surface area (Å²) in [5.41, 5.74) is 2.29. The monoisotopic (exact) mass is 422 g/mol. The average Bonchev–Trinajstić information content (AvgIpc) is 2.72. The van der Waals surface area contributed by atoms with E-state index in [1.165, 1.54) is 13.2 Å². The van der Waals surface area contributed by atoms with Gasteiger partial charge < -0.3 is 9.16 Å². The zero-order valence-corrected chi connectivity index (χ0v) is 20.0. The second kappa shape index (κ2) is 10.4. The van der Waals surface area contributed by atoms with Crippen LogP contribution in [0.5, 0.6) is 0 Å². The summed E-state index contributed by atoms with van der Waals surface area (Å²) in [6.07, 6.45) is 7.43. The predicted octanol–water partition coefficient (Wildman–Crippen LogP) is 6.82. The number of ether oxygens (including phenoxy) is 1. The SMILES string of the molecule is COC(=O)/C=C/[C@@H](c1ccccc1)[C@@H](/C=C\O[Si](C)(C)C(C)(C)C)c1ccccc1. The van der Waals surface area contributed by atoms with Crippen molar-refractivity contribution in [1.82, 2.24) is 0 Å². The van der Waals surface area contributed by atoms with Crippen LogP contribution in [0, 0.1) is 0 Å². The Bertz CT molecular complexity index is 849. The lowest BCUT2D eigenvalue weighted by atomic mass is 9.81. The van der Waals surface area contributed by atoms with Crippen molar-refractivity contribution in [3.8, 4) is 0 Å². The van der Waals surface area contributed by atoms with Gasteiger partial charge in [0.05, 0.1) is 13.4 Å². The van der Waals surface area contributed by atoms with Gasteiger partial charge in [-0.1, -0.05) is 87.5 Å². The zero-order valence-electron chi connectivity index (χ0n) is 19.0. The summed E-state index contributed by atoms with van der Waals surface area (Å²) in [7, 11) is -0.513. The quantitative estimate of drug-likeness (QED) is 0.203. The van der Waals surface area contributed by atoms with Crippen LogP contribution in [0.1, 0.15) is 43.7 Å². The summed E-state index contributed by atoms with van der Waals surface area (Å²) in [5.74, 6) is -0.379. The first-order valence-electron chi connectivity index (χ1n) is 10.4. The number of hydrogen-bond acceptors (Lipinski definition) is 3. The smallest absolute Gasteiger partial charge is 0.330 e. The van der Waals surface area contributed by atoms with E-state index in [0.29, 0.717) is 0 Å². The van der Waals surface area contributed by atoms with E-state index in [2.05, 4.69) is 64.2 Å². The molecule has 0 radical (unpaired) electrons. The number of rotatable bonds is 8. The fourth-order valence-electron chi connectivity index (χ4n) is 2.95. The highest BCUT2D eigenvalue weighted by molar-refractivity contribution is 6.74. The molecule has 160 valence electrons. The van der Waals surface area contributed by atoms with Crippen molar-refractivity contribution in [3.63, 3.8) is 0 Å². The van der Waals surface area contributed by atoms with E-state index in [4.69, 9.17) is 9.16 Å². The predicted molar refractivity (Wildman–Crippen MR) is 127 cm³/mol. The van der Waals surface area contributed by atoms with Gasteiger partial charge in [0, 0.05) is 17.9 Å². The normalized spacial score (nSPS) is 14.6. The molecular formula is C26H34O3Si.